The molecule has 0 saturated carbocycles. The molecule has 0 aliphatic carbocycles. The highest BCUT2D eigenvalue weighted by Gasteiger charge is 2.09. The number of ether oxygens (including phenoxy) is 1. The Morgan fingerprint density at radius 2 is 1.71 bits per heavy atom. The van der Waals surface area contributed by atoms with Crippen molar-refractivity contribution in [1.82, 2.24) is 0 Å². The van der Waals surface area contributed by atoms with E-state index >= 15 is 0 Å². The van der Waals surface area contributed by atoms with Crippen molar-refractivity contribution in [1.29, 1.82) is 0 Å². The van der Waals surface area contributed by atoms with E-state index in [1.54, 1.807) is 24.3 Å². The molecule has 0 spiro atoms. The van der Waals surface area contributed by atoms with E-state index in [1.807, 2.05) is 0 Å². The standard InChI is InChI=1S/C16H13FO4/c1-10(18)11-2-5-14(6-3-11)21-9-13-8-12(16(19)20)4-7-15(13)17/h2-8H,9H2,1H3,(H,19,20). The van der Waals surface area contributed by atoms with Crippen molar-refractivity contribution >= 4 is 11.8 Å². The summed E-state index contributed by atoms with van der Waals surface area (Å²) in [6.45, 7) is 1.37. The van der Waals surface area contributed by atoms with E-state index in [2.05, 4.69) is 0 Å². The number of halogens is 1. The number of carbonyl (C=O) groups excluding carboxylic acids is 1. The molecule has 0 unspecified atom stereocenters. The largest absolute Gasteiger partial charge is 0.489 e. The summed E-state index contributed by atoms with van der Waals surface area (Å²) in [5.41, 5.74) is 0.717. The van der Waals surface area contributed by atoms with Crippen LogP contribution in [0.15, 0.2) is 42.5 Å². The molecule has 2 aromatic rings. The van der Waals surface area contributed by atoms with Gasteiger partial charge in [0.2, 0.25) is 0 Å². The number of hydrogen-bond donors (Lipinski definition) is 1. The molecule has 21 heavy (non-hydrogen) atoms. The van der Waals surface area contributed by atoms with E-state index in [1.165, 1.54) is 19.1 Å². The van der Waals surface area contributed by atoms with Gasteiger partial charge in [-0.15, -0.1) is 0 Å². The summed E-state index contributed by atoms with van der Waals surface area (Å²) in [6, 6.07) is 9.97. The number of rotatable bonds is 5. The fraction of sp³-hybridized carbons (Fsp3) is 0.125. The molecular formula is C16H13FO4. The first-order chi connectivity index (χ1) is 9.97. The monoisotopic (exact) mass is 288 g/mol. The molecule has 0 aliphatic rings. The predicted octanol–water partition coefficient (Wildman–Crippen LogP) is 3.31. The van der Waals surface area contributed by atoms with Gasteiger partial charge in [-0.1, -0.05) is 0 Å². The fourth-order valence-electron chi connectivity index (χ4n) is 1.77. The number of Topliss-reactive ketones (excluding diaryl/α,β-unsaturated/α-hetero) is 1. The third-order valence-corrected chi connectivity index (χ3v) is 2.95. The Bertz CT molecular complexity index is 677. The second-order valence-electron chi connectivity index (χ2n) is 4.48. The van der Waals surface area contributed by atoms with Gasteiger partial charge in [0.25, 0.3) is 0 Å². The Labute approximate surface area is 120 Å². The van der Waals surface area contributed by atoms with Gasteiger partial charge in [-0.05, 0) is 49.4 Å². The number of carboxylic acids is 1. The molecule has 0 atom stereocenters. The lowest BCUT2D eigenvalue weighted by molar-refractivity contribution is 0.0696. The minimum atomic E-state index is -1.12. The second-order valence-corrected chi connectivity index (χ2v) is 4.48. The highest BCUT2D eigenvalue weighted by Crippen LogP contribution is 2.17. The van der Waals surface area contributed by atoms with Gasteiger partial charge in [0.15, 0.2) is 5.78 Å². The summed E-state index contributed by atoms with van der Waals surface area (Å²) in [5, 5.41) is 8.87. The third-order valence-electron chi connectivity index (χ3n) is 2.95. The molecule has 1 N–H and O–H groups in total. The molecule has 108 valence electrons. The predicted molar refractivity (Wildman–Crippen MR) is 74.1 cm³/mol. The second kappa shape index (κ2) is 6.17. The highest BCUT2D eigenvalue weighted by atomic mass is 19.1. The lowest BCUT2D eigenvalue weighted by Crippen LogP contribution is -2.03. The van der Waals surface area contributed by atoms with Gasteiger partial charge in [-0.2, -0.15) is 0 Å². The average molecular weight is 288 g/mol. The van der Waals surface area contributed by atoms with Gasteiger partial charge in [0.1, 0.15) is 18.2 Å². The zero-order valence-corrected chi connectivity index (χ0v) is 11.3. The summed E-state index contributed by atoms with van der Waals surface area (Å²) >= 11 is 0. The number of hydrogen-bond acceptors (Lipinski definition) is 3. The van der Waals surface area contributed by atoms with Crippen LogP contribution in [-0.4, -0.2) is 16.9 Å². The van der Waals surface area contributed by atoms with Crippen LogP contribution in [0.25, 0.3) is 0 Å². The van der Waals surface area contributed by atoms with Crippen molar-refractivity contribution in [3.05, 3.63) is 65.0 Å². The van der Waals surface area contributed by atoms with Crippen molar-refractivity contribution in [2.24, 2.45) is 0 Å². The summed E-state index contributed by atoms with van der Waals surface area (Å²) in [6.07, 6.45) is 0. The van der Waals surface area contributed by atoms with Gasteiger partial charge in [-0.25, -0.2) is 9.18 Å². The SMILES string of the molecule is CC(=O)c1ccc(OCc2cc(C(=O)O)ccc2F)cc1. The van der Waals surface area contributed by atoms with Crippen molar-refractivity contribution in [2.75, 3.05) is 0 Å². The third kappa shape index (κ3) is 3.66. The van der Waals surface area contributed by atoms with E-state index < -0.39 is 11.8 Å². The lowest BCUT2D eigenvalue weighted by Gasteiger charge is -2.08. The van der Waals surface area contributed by atoms with Crippen molar-refractivity contribution in [2.45, 2.75) is 13.5 Å². The van der Waals surface area contributed by atoms with E-state index in [0.29, 0.717) is 11.3 Å². The van der Waals surface area contributed by atoms with Gasteiger partial charge in [0, 0.05) is 11.1 Å². The fourth-order valence-corrected chi connectivity index (χ4v) is 1.77. The number of benzene rings is 2. The van der Waals surface area contributed by atoms with Gasteiger partial charge in [0.05, 0.1) is 5.56 Å². The van der Waals surface area contributed by atoms with Crippen LogP contribution < -0.4 is 4.74 Å². The molecule has 0 aliphatic heterocycles. The Hall–Kier alpha value is -2.69. The Morgan fingerprint density at radius 3 is 2.29 bits per heavy atom. The summed E-state index contributed by atoms with van der Waals surface area (Å²) < 4.78 is 19.0. The van der Waals surface area contributed by atoms with Crippen LogP contribution in [-0.2, 0) is 6.61 Å². The van der Waals surface area contributed by atoms with Gasteiger partial charge in [-0.3, -0.25) is 4.79 Å². The van der Waals surface area contributed by atoms with Crippen LogP contribution in [0.4, 0.5) is 4.39 Å². The zero-order valence-electron chi connectivity index (χ0n) is 11.3. The van der Waals surface area contributed by atoms with Crippen LogP contribution in [0.2, 0.25) is 0 Å². The lowest BCUT2D eigenvalue weighted by atomic mass is 10.1. The Balaban J connectivity index is 2.10. The van der Waals surface area contributed by atoms with E-state index in [0.717, 1.165) is 6.07 Å². The molecular weight excluding hydrogens is 275 g/mol. The maximum Gasteiger partial charge on any atom is 0.335 e. The molecule has 0 aromatic heterocycles. The first-order valence-corrected chi connectivity index (χ1v) is 6.23. The molecule has 0 fully saturated rings. The topological polar surface area (TPSA) is 63.6 Å². The average Bonchev–Trinajstić information content (AvgIpc) is 2.46. The zero-order chi connectivity index (χ0) is 15.4. The molecule has 0 radical (unpaired) electrons. The maximum absolute atomic E-state index is 13.6. The molecule has 2 rings (SSSR count). The van der Waals surface area contributed by atoms with Gasteiger partial charge < -0.3 is 9.84 Å². The molecule has 0 amide bonds. The van der Waals surface area contributed by atoms with Crippen LogP contribution >= 0.6 is 0 Å². The Morgan fingerprint density at radius 1 is 1.10 bits per heavy atom. The van der Waals surface area contributed by atoms with Crippen LogP contribution in [0, 0.1) is 5.82 Å². The summed E-state index contributed by atoms with van der Waals surface area (Å²) in [4.78, 5) is 22.0. The van der Waals surface area contributed by atoms with Crippen LogP contribution in [0.3, 0.4) is 0 Å². The molecule has 0 heterocycles. The van der Waals surface area contributed by atoms with Crippen molar-refractivity contribution in [3.8, 4) is 5.75 Å². The van der Waals surface area contributed by atoms with Crippen molar-refractivity contribution in [3.63, 3.8) is 0 Å². The maximum atomic E-state index is 13.6. The molecule has 0 saturated heterocycles. The number of aromatic carboxylic acids is 1. The van der Waals surface area contributed by atoms with Crippen LogP contribution in [0.1, 0.15) is 33.2 Å². The van der Waals surface area contributed by atoms with E-state index in [9.17, 15) is 14.0 Å². The first kappa shape index (κ1) is 14.7. The Kier molecular flexibility index (Phi) is 4.33. The van der Waals surface area contributed by atoms with Crippen LogP contribution in [0.5, 0.6) is 5.75 Å². The normalized spacial score (nSPS) is 10.2. The van der Waals surface area contributed by atoms with E-state index in [-0.39, 0.29) is 23.5 Å². The van der Waals surface area contributed by atoms with Gasteiger partial charge >= 0.3 is 5.97 Å². The number of carboxylic acid groups (broad SMARTS) is 1. The van der Waals surface area contributed by atoms with E-state index in [4.69, 9.17) is 9.84 Å². The minimum Gasteiger partial charge on any atom is -0.489 e. The number of carbonyl (C=O) groups is 2. The summed E-state index contributed by atoms with van der Waals surface area (Å²) in [7, 11) is 0. The molecule has 4 nitrogen and oxygen atoms in total. The number of ketones is 1. The molecule has 2 aromatic carbocycles. The quantitative estimate of drug-likeness (QED) is 0.857. The summed E-state index contributed by atoms with van der Waals surface area (Å²) in [5.74, 6) is -1.23. The minimum absolute atomic E-state index is 0.00178. The molecule has 5 heteroatoms. The smallest absolute Gasteiger partial charge is 0.335 e. The first-order valence-electron chi connectivity index (χ1n) is 6.23. The highest BCUT2D eigenvalue weighted by molar-refractivity contribution is 5.94. The molecule has 0 bridgehead atoms. The van der Waals surface area contributed by atoms with Crippen molar-refractivity contribution < 1.29 is 23.8 Å².